The van der Waals surface area contributed by atoms with Crippen molar-refractivity contribution in [2.24, 2.45) is 0 Å². The molecule has 2 rings (SSSR count). The van der Waals surface area contributed by atoms with Gasteiger partial charge in [-0.25, -0.2) is 0 Å². The second-order valence-electron chi connectivity index (χ2n) is 4.64. The number of hydrogen-bond acceptors (Lipinski definition) is 4. The Bertz CT molecular complexity index is 688. The van der Waals surface area contributed by atoms with E-state index >= 15 is 0 Å². The van der Waals surface area contributed by atoms with E-state index in [9.17, 15) is 5.26 Å². The maximum Gasteiger partial charge on any atom is 0.161 e. The highest BCUT2D eigenvalue weighted by Crippen LogP contribution is 2.29. The average Bonchev–Trinajstić information content (AvgIpc) is 2.59. The minimum absolute atomic E-state index is 0.505. The molecule has 0 aliphatic heterocycles. The molecule has 2 aromatic rings. The Morgan fingerprint density at radius 1 is 1.27 bits per heavy atom. The highest BCUT2D eigenvalue weighted by atomic mass is 16.5. The van der Waals surface area contributed by atoms with Gasteiger partial charge >= 0.3 is 0 Å². The largest absolute Gasteiger partial charge is 0.493 e. The van der Waals surface area contributed by atoms with Crippen LogP contribution in [0.2, 0.25) is 0 Å². The quantitative estimate of drug-likeness (QED) is 0.757. The highest BCUT2D eigenvalue weighted by Gasteiger charge is 2.07. The van der Waals surface area contributed by atoms with Crippen molar-refractivity contribution >= 4 is 11.6 Å². The minimum Gasteiger partial charge on any atom is -0.493 e. The Morgan fingerprint density at radius 3 is 2.77 bits per heavy atom. The topological polar surface area (TPSA) is 55.1 Å². The number of aromatic nitrogens is 1. The number of ether oxygens (including phenoxy) is 2. The van der Waals surface area contributed by atoms with E-state index in [0.717, 1.165) is 12.0 Å². The molecule has 1 aromatic carbocycles. The van der Waals surface area contributed by atoms with Gasteiger partial charge in [-0.2, -0.15) is 5.26 Å². The van der Waals surface area contributed by atoms with E-state index in [0.29, 0.717) is 29.4 Å². The van der Waals surface area contributed by atoms with Crippen molar-refractivity contribution < 1.29 is 9.47 Å². The molecule has 1 aromatic heterocycles. The Balaban J connectivity index is 2.32. The van der Waals surface area contributed by atoms with Gasteiger partial charge in [0, 0.05) is 6.20 Å². The molecule has 0 fully saturated rings. The second kappa shape index (κ2) is 7.84. The van der Waals surface area contributed by atoms with Crippen molar-refractivity contribution in [3.8, 4) is 17.6 Å². The van der Waals surface area contributed by atoms with E-state index in [2.05, 4.69) is 18.0 Å². The summed E-state index contributed by atoms with van der Waals surface area (Å²) < 4.78 is 11.0. The van der Waals surface area contributed by atoms with E-state index in [4.69, 9.17) is 9.47 Å². The third-order valence-electron chi connectivity index (χ3n) is 3.02. The second-order valence-corrected chi connectivity index (χ2v) is 4.64. The molecule has 0 atom stereocenters. The fourth-order valence-corrected chi connectivity index (χ4v) is 1.96. The van der Waals surface area contributed by atoms with Gasteiger partial charge in [0.05, 0.1) is 25.0 Å². The number of rotatable bonds is 6. The lowest BCUT2D eigenvalue weighted by atomic mass is 10.1. The monoisotopic (exact) mass is 294 g/mol. The van der Waals surface area contributed by atoms with Crippen LogP contribution in [0.15, 0.2) is 42.6 Å². The van der Waals surface area contributed by atoms with Gasteiger partial charge in [0.25, 0.3) is 0 Å². The van der Waals surface area contributed by atoms with Crippen molar-refractivity contribution in [3.63, 3.8) is 0 Å². The first-order chi connectivity index (χ1) is 10.8. The number of pyridine rings is 1. The lowest BCUT2D eigenvalue weighted by molar-refractivity contribution is 0.294. The summed E-state index contributed by atoms with van der Waals surface area (Å²) in [5.41, 5.74) is 2.02. The van der Waals surface area contributed by atoms with Crippen LogP contribution < -0.4 is 9.47 Å². The number of methoxy groups -OCH3 is 1. The first-order valence-corrected chi connectivity index (χ1v) is 7.12. The Kier molecular flexibility index (Phi) is 5.56. The summed E-state index contributed by atoms with van der Waals surface area (Å²) in [5, 5.41) is 9.32. The van der Waals surface area contributed by atoms with Gasteiger partial charge in [0.15, 0.2) is 11.5 Å². The zero-order chi connectivity index (χ0) is 15.8. The van der Waals surface area contributed by atoms with Gasteiger partial charge in [-0.1, -0.05) is 19.1 Å². The molecule has 4 nitrogen and oxygen atoms in total. The molecule has 22 heavy (non-hydrogen) atoms. The third kappa shape index (κ3) is 3.86. The summed E-state index contributed by atoms with van der Waals surface area (Å²) in [6, 6.07) is 13.3. The maximum absolute atomic E-state index is 9.32. The minimum atomic E-state index is 0.505. The van der Waals surface area contributed by atoms with Crippen LogP contribution in [0.1, 0.15) is 24.6 Å². The van der Waals surface area contributed by atoms with Gasteiger partial charge in [-0.15, -0.1) is 0 Å². The zero-order valence-electron chi connectivity index (χ0n) is 12.7. The van der Waals surface area contributed by atoms with E-state index in [1.165, 1.54) is 0 Å². The summed E-state index contributed by atoms with van der Waals surface area (Å²) in [5.74, 6) is 1.36. The summed E-state index contributed by atoms with van der Waals surface area (Å²) in [6.45, 7) is 2.69. The molecule has 4 heteroatoms. The number of allylic oxidation sites excluding steroid dienone is 1. The SMILES string of the molecule is CCCOc1ccc(/C=C(\C#N)c2ccccn2)cc1OC. The molecule has 112 valence electrons. The standard InChI is InChI=1S/C18H18N2O2/c1-3-10-22-17-8-7-14(12-18(17)21-2)11-15(13-19)16-6-4-5-9-20-16/h4-9,11-12H,3,10H2,1-2H3/b15-11+. The Hall–Kier alpha value is -2.80. The van der Waals surface area contributed by atoms with Crippen LogP contribution in [-0.2, 0) is 0 Å². The lowest BCUT2D eigenvalue weighted by Crippen LogP contribution is -1.98. The smallest absolute Gasteiger partial charge is 0.161 e. The fourth-order valence-electron chi connectivity index (χ4n) is 1.96. The Labute approximate surface area is 130 Å². The van der Waals surface area contributed by atoms with Crippen LogP contribution in [0.25, 0.3) is 11.6 Å². The highest BCUT2D eigenvalue weighted by molar-refractivity contribution is 5.88. The lowest BCUT2D eigenvalue weighted by Gasteiger charge is -2.10. The van der Waals surface area contributed by atoms with E-state index in [1.807, 2.05) is 36.4 Å². The van der Waals surface area contributed by atoms with E-state index < -0.39 is 0 Å². The maximum atomic E-state index is 9.32. The molecule has 0 N–H and O–H groups in total. The molecule has 0 saturated carbocycles. The van der Waals surface area contributed by atoms with E-state index in [-0.39, 0.29) is 0 Å². The molecular weight excluding hydrogens is 276 g/mol. The van der Waals surface area contributed by atoms with Crippen molar-refractivity contribution in [2.75, 3.05) is 13.7 Å². The van der Waals surface area contributed by atoms with Crippen LogP contribution in [0.5, 0.6) is 11.5 Å². The summed E-state index contributed by atoms with van der Waals surface area (Å²) in [6.07, 6.45) is 4.39. The molecule has 0 spiro atoms. The van der Waals surface area contributed by atoms with Gasteiger partial charge in [0.2, 0.25) is 0 Å². The molecule has 0 radical (unpaired) electrons. The van der Waals surface area contributed by atoms with Crippen molar-refractivity contribution in [1.82, 2.24) is 4.98 Å². The summed E-state index contributed by atoms with van der Waals surface area (Å²) in [4.78, 5) is 4.20. The van der Waals surface area contributed by atoms with Crippen molar-refractivity contribution in [3.05, 3.63) is 53.9 Å². The van der Waals surface area contributed by atoms with Crippen molar-refractivity contribution in [2.45, 2.75) is 13.3 Å². The van der Waals surface area contributed by atoms with Gasteiger partial charge in [0.1, 0.15) is 6.07 Å². The fraction of sp³-hybridized carbons (Fsp3) is 0.222. The van der Waals surface area contributed by atoms with Crippen LogP contribution in [0, 0.1) is 11.3 Å². The predicted octanol–water partition coefficient (Wildman–Crippen LogP) is 3.94. The molecule has 0 unspecified atom stereocenters. The van der Waals surface area contributed by atoms with Crippen LogP contribution >= 0.6 is 0 Å². The van der Waals surface area contributed by atoms with Gasteiger partial charge in [-0.05, 0) is 42.3 Å². The van der Waals surface area contributed by atoms with Gasteiger partial charge < -0.3 is 9.47 Å². The van der Waals surface area contributed by atoms with Crippen molar-refractivity contribution in [1.29, 1.82) is 5.26 Å². The predicted molar refractivity (Wildman–Crippen MR) is 86.5 cm³/mol. The molecule has 0 saturated heterocycles. The average molecular weight is 294 g/mol. The molecule has 1 heterocycles. The molecule has 0 aliphatic rings. The Morgan fingerprint density at radius 2 is 2.14 bits per heavy atom. The summed E-state index contributed by atoms with van der Waals surface area (Å²) in [7, 11) is 1.60. The normalized spacial score (nSPS) is 10.9. The first kappa shape index (κ1) is 15.6. The molecule has 0 amide bonds. The number of nitriles is 1. The van der Waals surface area contributed by atoms with E-state index in [1.54, 1.807) is 19.4 Å². The number of benzene rings is 1. The molecular formula is C18H18N2O2. The van der Waals surface area contributed by atoms with Crippen LogP contribution in [0.3, 0.4) is 0 Å². The van der Waals surface area contributed by atoms with Gasteiger partial charge in [-0.3, -0.25) is 4.98 Å². The van der Waals surface area contributed by atoms with Crippen LogP contribution in [0.4, 0.5) is 0 Å². The summed E-state index contributed by atoms with van der Waals surface area (Å²) >= 11 is 0. The zero-order valence-corrected chi connectivity index (χ0v) is 12.7. The van der Waals surface area contributed by atoms with Crippen LogP contribution in [-0.4, -0.2) is 18.7 Å². The third-order valence-corrected chi connectivity index (χ3v) is 3.02. The molecule has 0 bridgehead atoms. The molecule has 0 aliphatic carbocycles. The first-order valence-electron chi connectivity index (χ1n) is 7.12. The number of nitrogens with zero attached hydrogens (tertiary/aromatic N) is 2. The number of hydrogen-bond donors (Lipinski definition) is 0.